The Morgan fingerprint density at radius 3 is 2.93 bits per heavy atom. The minimum absolute atomic E-state index is 0.990. The summed E-state index contributed by atoms with van der Waals surface area (Å²) in [6, 6.07) is 8.47. The van der Waals surface area contributed by atoms with E-state index in [1.165, 1.54) is 14.7 Å². The standard InChI is InChI=1S/C12H13IN2/c1-2-6-15-9-11(8-14-15)10-4-3-5-12(13)7-10/h3-5,7-9H,2,6H2,1H3. The van der Waals surface area contributed by atoms with Crippen LogP contribution in [-0.4, -0.2) is 9.78 Å². The molecule has 0 atom stereocenters. The van der Waals surface area contributed by atoms with Crippen LogP contribution in [0.3, 0.4) is 0 Å². The zero-order chi connectivity index (χ0) is 10.7. The maximum Gasteiger partial charge on any atom is 0.0568 e. The van der Waals surface area contributed by atoms with Crippen molar-refractivity contribution >= 4 is 22.6 Å². The first-order chi connectivity index (χ1) is 7.29. The first kappa shape index (κ1) is 10.7. The molecular formula is C12H13IN2. The molecule has 1 heterocycles. The lowest BCUT2D eigenvalue weighted by Gasteiger charge is -1.98. The summed E-state index contributed by atoms with van der Waals surface area (Å²) in [5, 5.41) is 4.33. The summed E-state index contributed by atoms with van der Waals surface area (Å²) in [5.74, 6) is 0. The van der Waals surface area contributed by atoms with Gasteiger partial charge in [-0.15, -0.1) is 0 Å². The van der Waals surface area contributed by atoms with E-state index < -0.39 is 0 Å². The molecule has 0 bridgehead atoms. The second kappa shape index (κ2) is 4.79. The lowest BCUT2D eigenvalue weighted by atomic mass is 10.1. The number of benzene rings is 1. The Hall–Kier alpha value is -0.840. The summed E-state index contributed by atoms with van der Waals surface area (Å²) < 4.78 is 3.25. The van der Waals surface area contributed by atoms with Crippen molar-refractivity contribution in [3.63, 3.8) is 0 Å². The van der Waals surface area contributed by atoms with E-state index in [9.17, 15) is 0 Å². The van der Waals surface area contributed by atoms with E-state index in [0.717, 1.165) is 13.0 Å². The molecule has 1 aromatic heterocycles. The van der Waals surface area contributed by atoms with Gasteiger partial charge in [0, 0.05) is 21.9 Å². The average Bonchev–Trinajstić information content (AvgIpc) is 2.67. The smallest absolute Gasteiger partial charge is 0.0568 e. The number of aryl methyl sites for hydroxylation is 1. The molecule has 2 nitrogen and oxygen atoms in total. The number of hydrogen-bond acceptors (Lipinski definition) is 1. The van der Waals surface area contributed by atoms with E-state index in [1.807, 2.05) is 10.9 Å². The molecule has 0 aliphatic carbocycles. The van der Waals surface area contributed by atoms with Crippen molar-refractivity contribution in [2.24, 2.45) is 0 Å². The van der Waals surface area contributed by atoms with Gasteiger partial charge in [0.25, 0.3) is 0 Å². The van der Waals surface area contributed by atoms with Crippen LogP contribution in [0.25, 0.3) is 11.1 Å². The van der Waals surface area contributed by atoms with Crippen molar-refractivity contribution in [1.29, 1.82) is 0 Å². The van der Waals surface area contributed by atoms with Gasteiger partial charge >= 0.3 is 0 Å². The second-order valence-electron chi connectivity index (χ2n) is 3.50. The highest BCUT2D eigenvalue weighted by Gasteiger charge is 2.01. The van der Waals surface area contributed by atoms with E-state index >= 15 is 0 Å². The summed E-state index contributed by atoms with van der Waals surface area (Å²) in [7, 11) is 0. The summed E-state index contributed by atoms with van der Waals surface area (Å²) in [4.78, 5) is 0. The van der Waals surface area contributed by atoms with E-state index in [-0.39, 0.29) is 0 Å². The van der Waals surface area contributed by atoms with E-state index in [0.29, 0.717) is 0 Å². The molecule has 0 unspecified atom stereocenters. The molecule has 2 aromatic rings. The molecule has 0 aliphatic heterocycles. The van der Waals surface area contributed by atoms with Gasteiger partial charge in [0.05, 0.1) is 6.20 Å². The van der Waals surface area contributed by atoms with Gasteiger partial charge in [-0.3, -0.25) is 4.68 Å². The number of nitrogens with zero attached hydrogens (tertiary/aromatic N) is 2. The minimum Gasteiger partial charge on any atom is -0.272 e. The van der Waals surface area contributed by atoms with Crippen LogP contribution in [0.15, 0.2) is 36.7 Å². The Labute approximate surface area is 103 Å². The number of aromatic nitrogens is 2. The Balaban J connectivity index is 2.29. The fourth-order valence-electron chi connectivity index (χ4n) is 1.53. The van der Waals surface area contributed by atoms with Crippen molar-refractivity contribution in [2.45, 2.75) is 19.9 Å². The molecule has 0 N–H and O–H groups in total. The zero-order valence-corrected chi connectivity index (χ0v) is 10.8. The Kier molecular flexibility index (Phi) is 3.41. The van der Waals surface area contributed by atoms with Gasteiger partial charge in [-0.25, -0.2) is 0 Å². The van der Waals surface area contributed by atoms with Crippen LogP contribution >= 0.6 is 22.6 Å². The van der Waals surface area contributed by atoms with E-state index in [2.05, 4.69) is 65.1 Å². The van der Waals surface area contributed by atoms with E-state index in [4.69, 9.17) is 0 Å². The zero-order valence-electron chi connectivity index (χ0n) is 8.65. The number of halogens is 1. The fourth-order valence-corrected chi connectivity index (χ4v) is 2.08. The van der Waals surface area contributed by atoms with Crippen molar-refractivity contribution in [3.05, 3.63) is 40.2 Å². The Morgan fingerprint density at radius 1 is 1.33 bits per heavy atom. The number of rotatable bonds is 3. The molecule has 0 spiro atoms. The van der Waals surface area contributed by atoms with Gasteiger partial charge in [-0.2, -0.15) is 5.10 Å². The highest BCUT2D eigenvalue weighted by molar-refractivity contribution is 14.1. The molecule has 0 saturated heterocycles. The van der Waals surface area contributed by atoms with Gasteiger partial charge in [0.2, 0.25) is 0 Å². The maximum absolute atomic E-state index is 4.33. The topological polar surface area (TPSA) is 17.8 Å². The lowest BCUT2D eigenvalue weighted by molar-refractivity contribution is 0.603. The lowest BCUT2D eigenvalue weighted by Crippen LogP contribution is -1.95. The normalized spacial score (nSPS) is 10.5. The third-order valence-corrected chi connectivity index (χ3v) is 2.91. The predicted octanol–water partition coefficient (Wildman–Crippen LogP) is 3.56. The SMILES string of the molecule is CCCn1cc(-c2cccc(I)c2)cn1. The predicted molar refractivity (Wildman–Crippen MR) is 70.7 cm³/mol. The average molecular weight is 312 g/mol. The minimum atomic E-state index is 0.990. The Morgan fingerprint density at radius 2 is 2.20 bits per heavy atom. The van der Waals surface area contributed by atoms with Crippen LogP contribution in [0.4, 0.5) is 0 Å². The molecule has 15 heavy (non-hydrogen) atoms. The largest absolute Gasteiger partial charge is 0.272 e. The molecule has 0 aliphatic rings. The first-order valence-electron chi connectivity index (χ1n) is 5.08. The molecule has 2 rings (SSSR count). The first-order valence-corrected chi connectivity index (χ1v) is 6.16. The van der Waals surface area contributed by atoms with Crippen LogP contribution in [0, 0.1) is 3.57 Å². The molecule has 0 saturated carbocycles. The van der Waals surface area contributed by atoms with Crippen LogP contribution in [0.5, 0.6) is 0 Å². The van der Waals surface area contributed by atoms with Crippen LogP contribution in [0.2, 0.25) is 0 Å². The fraction of sp³-hybridized carbons (Fsp3) is 0.250. The van der Waals surface area contributed by atoms with Crippen LogP contribution in [-0.2, 0) is 6.54 Å². The van der Waals surface area contributed by atoms with Crippen molar-refractivity contribution in [2.75, 3.05) is 0 Å². The summed E-state index contributed by atoms with van der Waals surface area (Å²) in [5.41, 5.74) is 2.44. The highest BCUT2D eigenvalue weighted by Crippen LogP contribution is 2.20. The van der Waals surface area contributed by atoms with Gasteiger partial charge in [-0.1, -0.05) is 19.1 Å². The Bertz CT molecular complexity index is 448. The molecule has 0 radical (unpaired) electrons. The quantitative estimate of drug-likeness (QED) is 0.792. The molecule has 1 aromatic carbocycles. The van der Waals surface area contributed by atoms with E-state index in [1.54, 1.807) is 0 Å². The molecular weight excluding hydrogens is 299 g/mol. The summed E-state index contributed by atoms with van der Waals surface area (Å²) >= 11 is 2.33. The molecule has 78 valence electrons. The van der Waals surface area contributed by atoms with Crippen molar-refractivity contribution in [3.8, 4) is 11.1 Å². The second-order valence-corrected chi connectivity index (χ2v) is 4.75. The summed E-state index contributed by atoms with van der Waals surface area (Å²) in [6.07, 6.45) is 5.16. The third-order valence-electron chi connectivity index (χ3n) is 2.24. The summed E-state index contributed by atoms with van der Waals surface area (Å²) in [6.45, 7) is 3.15. The maximum atomic E-state index is 4.33. The third kappa shape index (κ3) is 2.59. The molecule has 0 fully saturated rings. The van der Waals surface area contributed by atoms with Gasteiger partial charge in [0.1, 0.15) is 0 Å². The van der Waals surface area contributed by atoms with Crippen molar-refractivity contribution in [1.82, 2.24) is 9.78 Å². The highest BCUT2D eigenvalue weighted by atomic mass is 127. The molecule has 0 amide bonds. The molecule has 3 heteroatoms. The van der Waals surface area contributed by atoms with Crippen molar-refractivity contribution < 1.29 is 0 Å². The van der Waals surface area contributed by atoms with Crippen LogP contribution < -0.4 is 0 Å². The number of hydrogen-bond donors (Lipinski definition) is 0. The van der Waals surface area contributed by atoms with Gasteiger partial charge in [-0.05, 0) is 46.7 Å². The van der Waals surface area contributed by atoms with Gasteiger partial charge < -0.3 is 0 Å². The van der Waals surface area contributed by atoms with Gasteiger partial charge in [0.15, 0.2) is 0 Å². The monoisotopic (exact) mass is 312 g/mol. The van der Waals surface area contributed by atoms with Crippen LogP contribution in [0.1, 0.15) is 13.3 Å².